The number of alkyl halides is 4. The first-order valence-electron chi connectivity index (χ1n) is 36.6. The van der Waals surface area contributed by atoms with Gasteiger partial charge >= 0.3 is 0 Å². The van der Waals surface area contributed by atoms with Gasteiger partial charge in [0.25, 0.3) is 0 Å². The van der Waals surface area contributed by atoms with E-state index in [1.165, 1.54) is 157 Å². The lowest BCUT2D eigenvalue weighted by atomic mass is 9.84. The smallest absolute Gasteiger partial charge is 0.207 e. The Balaban J connectivity index is -0.0000000610. The van der Waals surface area contributed by atoms with E-state index in [2.05, 4.69) is 187 Å². The second kappa shape index (κ2) is 72.8. The summed E-state index contributed by atoms with van der Waals surface area (Å²) in [7, 11) is 0. The molecule has 494 valence electrons. The van der Waals surface area contributed by atoms with E-state index in [-0.39, 0.29) is 12.8 Å². The summed E-state index contributed by atoms with van der Waals surface area (Å²) in [6, 6.07) is 0. The van der Waals surface area contributed by atoms with Gasteiger partial charge in [0.05, 0.1) is 0 Å². The average molecular weight is 1140 g/mol. The lowest BCUT2D eigenvalue weighted by Crippen LogP contribution is -2.08. The van der Waals surface area contributed by atoms with Crippen LogP contribution in [-0.4, -0.2) is 11.8 Å². The third-order valence-corrected chi connectivity index (χ3v) is 9.71. The summed E-state index contributed by atoms with van der Waals surface area (Å²) in [5.41, 5.74) is 0.458. The standard InChI is InChI=1S/C8H16.C7H14.C6H12.2C6H14.3C5H12.2C4H8F2.2C4H10.2C3H8.2C2H6/c1-7-3-5-8(2)6-4-7;1-7-5-3-2-4-6-7;1-6-4-2-3-5-6;2*1-5-6(2,3)4;3*1-5(2,3)4;2*1-3-4(2,5)6;1-4(2)3;1-3-4-2;2*1-3-2;2*1-2/h7-8H,3-6H2,1-2H3;7H,2-6H2,1H3;6H,2-5H2,1H3;2*5H2,1-4H3;3*1-4H3;2*3H2,1-2H3;4H,1-3H3;3-4H2,1-2H3;2*3H2,1-2H3;2*1-2H3/i;;;;;1D3,2D3;;;;;;;3D2;;;. The van der Waals surface area contributed by atoms with Crippen molar-refractivity contribution < 1.29 is 28.5 Å². The van der Waals surface area contributed by atoms with Crippen LogP contribution < -0.4 is 0 Å². The Morgan fingerprint density at radius 2 is 0.487 bits per heavy atom. The molecule has 0 nitrogen and oxygen atoms in total. The highest BCUT2D eigenvalue weighted by atomic mass is 19.3. The summed E-state index contributed by atoms with van der Waals surface area (Å²) in [5, 5.41) is 0. The molecule has 0 aromatic carbocycles. The molecule has 0 radical (unpaired) electrons. The molecular weight excluding hydrogens is 965 g/mol. The van der Waals surface area contributed by atoms with Crippen LogP contribution >= 0.6 is 0 Å². The predicted molar refractivity (Wildman–Crippen MR) is 369 cm³/mol. The molecular formula is C74H170F4. The minimum atomic E-state index is -2.46. The van der Waals surface area contributed by atoms with E-state index in [0.717, 1.165) is 43.4 Å². The first-order chi connectivity index (χ1) is 37.9. The summed E-state index contributed by atoms with van der Waals surface area (Å²) in [4.78, 5) is 0. The Hall–Kier alpha value is -0.280. The predicted octanol–water partition coefficient (Wildman–Crippen LogP) is 31.1. The van der Waals surface area contributed by atoms with Crippen LogP contribution in [0.15, 0.2) is 0 Å². The highest BCUT2D eigenvalue weighted by molar-refractivity contribution is 4.66. The van der Waals surface area contributed by atoms with Crippen LogP contribution in [0.1, 0.15) is 429 Å². The Labute approximate surface area is 513 Å². The summed E-state index contributed by atoms with van der Waals surface area (Å²) in [5.74, 6) is 0.0381. The van der Waals surface area contributed by atoms with Gasteiger partial charge < -0.3 is 0 Å². The van der Waals surface area contributed by atoms with E-state index >= 15 is 0 Å². The van der Waals surface area contributed by atoms with Gasteiger partial charge in [-0.15, -0.1) is 0 Å². The molecule has 0 N–H and O–H groups in total. The van der Waals surface area contributed by atoms with Crippen LogP contribution in [0, 0.1) is 56.7 Å². The molecule has 0 heterocycles. The van der Waals surface area contributed by atoms with Crippen molar-refractivity contribution in [2.45, 2.75) is 430 Å². The van der Waals surface area contributed by atoms with E-state index < -0.39 is 37.3 Å². The lowest BCUT2D eigenvalue weighted by Gasteiger charge is -2.22. The molecule has 0 unspecified atom stereocenters. The van der Waals surface area contributed by atoms with Gasteiger partial charge in [0.1, 0.15) is 0 Å². The van der Waals surface area contributed by atoms with Gasteiger partial charge in [0.2, 0.25) is 11.8 Å². The zero-order valence-corrected chi connectivity index (χ0v) is 62.5. The van der Waals surface area contributed by atoms with Gasteiger partial charge in [0.15, 0.2) is 0 Å². The molecule has 0 bridgehead atoms. The maximum atomic E-state index is 11.5. The van der Waals surface area contributed by atoms with Crippen LogP contribution in [0.2, 0.25) is 0 Å². The zero-order valence-electron chi connectivity index (χ0n) is 70.5. The topological polar surface area (TPSA) is 0 Å². The maximum Gasteiger partial charge on any atom is 0.245 e. The molecule has 78 heavy (non-hydrogen) atoms. The van der Waals surface area contributed by atoms with E-state index in [0.29, 0.717) is 21.7 Å². The lowest BCUT2D eigenvalue weighted by molar-refractivity contribution is 0.0174. The van der Waals surface area contributed by atoms with Gasteiger partial charge in [-0.05, 0) is 70.5 Å². The molecule has 0 atom stereocenters. The average Bonchev–Trinajstić information content (AvgIpc) is 3.80. The molecule has 3 fully saturated rings. The SMILES string of the molecule is CC.CC.CC(C)(C)C.CC(C)(C)C.CC(C)C.CC1CCC(C)CC1.CC1CCCC1.CC1CCCCC1.CCC.CCC(C)(C)C.CCC(C)(C)C.CCC(C)(F)F.CCC(C)(F)F.CCCC.[2H]C([2H])(C)C.[2H]C([2H])([2H])C(C)(C)C([2H])([2H])[2H]. The van der Waals surface area contributed by atoms with Crippen LogP contribution in [0.25, 0.3) is 0 Å². The largest absolute Gasteiger partial charge is 0.245 e. The normalized spacial score (nSPS) is 17.8. The second-order valence-electron chi connectivity index (χ2n) is 28.7. The molecule has 0 aromatic rings. The van der Waals surface area contributed by atoms with Crippen molar-refractivity contribution in [1.82, 2.24) is 0 Å². The highest BCUT2D eigenvalue weighted by Crippen LogP contribution is 2.27. The van der Waals surface area contributed by atoms with Gasteiger partial charge in [-0.2, -0.15) is 0 Å². The maximum absolute atomic E-state index is 11.5. The van der Waals surface area contributed by atoms with Crippen molar-refractivity contribution in [3.8, 4) is 0 Å². The summed E-state index contributed by atoms with van der Waals surface area (Å²) < 4.78 is 101. The quantitative estimate of drug-likeness (QED) is 0.247. The second-order valence-corrected chi connectivity index (χ2v) is 28.7. The van der Waals surface area contributed by atoms with Crippen LogP contribution in [0.3, 0.4) is 0 Å². The van der Waals surface area contributed by atoms with Gasteiger partial charge in [-0.25, -0.2) is 17.6 Å². The van der Waals surface area contributed by atoms with E-state index in [1.807, 2.05) is 27.7 Å². The molecule has 0 aliphatic heterocycles. The molecule has 3 aliphatic rings. The Bertz CT molecular complexity index is 1060. The molecule has 0 saturated heterocycles. The molecule has 3 aliphatic carbocycles. The van der Waals surface area contributed by atoms with Crippen molar-refractivity contribution in [1.29, 1.82) is 0 Å². The number of hydrogen-bond donors (Lipinski definition) is 0. The van der Waals surface area contributed by atoms with Gasteiger partial charge in [-0.3, -0.25) is 0 Å². The van der Waals surface area contributed by atoms with E-state index in [4.69, 9.17) is 11.0 Å². The highest BCUT2D eigenvalue weighted by Gasteiger charge is 2.16. The molecule has 3 saturated carbocycles. The van der Waals surface area contributed by atoms with Gasteiger partial charge in [-0.1, -0.05) is 392 Å². The van der Waals surface area contributed by atoms with Crippen LogP contribution in [-0.2, 0) is 0 Å². The molecule has 3 rings (SSSR count). The first-order valence-corrected chi connectivity index (χ1v) is 32.6. The zero-order chi connectivity index (χ0) is 73.0. The Morgan fingerprint density at radius 1 is 0.359 bits per heavy atom. The number of rotatable bonds is 3. The number of halogens is 4. The van der Waals surface area contributed by atoms with Crippen molar-refractivity contribution in [2.24, 2.45) is 56.7 Å². The minimum absolute atomic E-state index is 0.0625. The fourth-order valence-electron chi connectivity index (χ4n) is 3.86. The first kappa shape index (κ1) is 86.5. The third kappa shape index (κ3) is 297. The number of unbranched alkanes of at least 4 members (excludes halogenated alkanes) is 1. The van der Waals surface area contributed by atoms with E-state index in [9.17, 15) is 17.6 Å². The Kier molecular flexibility index (Phi) is 80.8. The van der Waals surface area contributed by atoms with Crippen molar-refractivity contribution in [2.75, 3.05) is 0 Å². The molecule has 0 spiro atoms. The monoisotopic (exact) mass is 1140 g/mol. The fourth-order valence-corrected chi connectivity index (χ4v) is 3.86. The molecule has 0 amide bonds. The molecule has 4 heteroatoms. The minimum Gasteiger partial charge on any atom is -0.207 e. The Morgan fingerprint density at radius 3 is 0.538 bits per heavy atom. The third-order valence-electron chi connectivity index (χ3n) is 9.71. The summed E-state index contributed by atoms with van der Waals surface area (Å²) in [6.07, 6.45) is 24.6. The fraction of sp³-hybridized carbons (Fsp3) is 1.00. The summed E-state index contributed by atoms with van der Waals surface area (Å²) >= 11 is 0. The molecule has 0 aromatic heterocycles. The van der Waals surface area contributed by atoms with Gasteiger partial charge in [0, 0.05) is 23.8 Å². The van der Waals surface area contributed by atoms with Crippen molar-refractivity contribution >= 4 is 0 Å². The van der Waals surface area contributed by atoms with Crippen LogP contribution in [0.5, 0.6) is 0 Å². The van der Waals surface area contributed by atoms with Crippen LogP contribution in [0.4, 0.5) is 17.6 Å². The number of hydrogen-bond acceptors (Lipinski definition) is 0. The van der Waals surface area contributed by atoms with Crippen molar-refractivity contribution in [3.63, 3.8) is 0 Å². The van der Waals surface area contributed by atoms with Crippen molar-refractivity contribution in [3.05, 3.63) is 0 Å². The summed E-state index contributed by atoms with van der Waals surface area (Å²) in [6.45, 7) is 73.3. The van der Waals surface area contributed by atoms with E-state index in [1.54, 1.807) is 0 Å².